The molecule has 88 valence electrons. The zero-order valence-electron chi connectivity index (χ0n) is 10.4. The van der Waals surface area contributed by atoms with E-state index in [1.165, 1.54) is 43.4 Å². The van der Waals surface area contributed by atoms with E-state index in [1.807, 2.05) is 12.4 Å². The number of nitrogens with one attached hydrogen (secondary N) is 1. The first-order valence-corrected chi connectivity index (χ1v) is 6.46. The zero-order valence-corrected chi connectivity index (χ0v) is 10.4. The molecular formula is C14H22N2. The minimum absolute atomic E-state index is 0.666. The smallest absolute Gasteiger partial charge is 0.0402 e. The second kappa shape index (κ2) is 5.33. The molecule has 0 radical (unpaired) electrons. The fourth-order valence-corrected chi connectivity index (χ4v) is 2.65. The molecule has 1 aromatic heterocycles. The molecule has 0 saturated heterocycles. The van der Waals surface area contributed by atoms with E-state index in [0.29, 0.717) is 6.04 Å². The van der Waals surface area contributed by atoms with Crippen LogP contribution in [0, 0.1) is 12.8 Å². The summed E-state index contributed by atoms with van der Waals surface area (Å²) < 4.78 is 0. The van der Waals surface area contributed by atoms with Gasteiger partial charge in [0.05, 0.1) is 0 Å². The van der Waals surface area contributed by atoms with E-state index in [0.717, 1.165) is 5.92 Å². The molecule has 2 atom stereocenters. The second-order valence-corrected chi connectivity index (χ2v) is 4.97. The van der Waals surface area contributed by atoms with Gasteiger partial charge >= 0.3 is 0 Å². The summed E-state index contributed by atoms with van der Waals surface area (Å²) >= 11 is 0. The Morgan fingerprint density at radius 3 is 3.06 bits per heavy atom. The zero-order chi connectivity index (χ0) is 11.4. The number of hydrogen-bond acceptors (Lipinski definition) is 2. The van der Waals surface area contributed by atoms with E-state index in [-0.39, 0.29) is 0 Å². The maximum absolute atomic E-state index is 4.13. The highest BCUT2D eigenvalue weighted by atomic mass is 14.9. The van der Waals surface area contributed by atoms with Crippen LogP contribution in [0.5, 0.6) is 0 Å². The van der Waals surface area contributed by atoms with Crippen LogP contribution in [-0.2, 0) is 0 Å². The average molecular weight is 218 g/mol. The molecule has 1 aromatic rings. The SMILES string of the molecule is CCC1CCCC(Nc2ccncc2C)C1. The van der Waals surface area contributed by atoms with E-state index >= 15 is 0 Å². The van der Waals surface area contributed by atoms with Gasteiger partial charge in [-0.2, -0.15) is 0 Å². The summed E-state index contributed by atoms with van der Waals surface area (Å²) in [7, 11) is 0. The summed E-state index contributed by atoms with van der Waals surface area (Å²) in [6.07, 6.45) is 10.6. The van der Waals surface area contributed by atoms with Crippen LogP contribution < -0.4 is 5.32 Å². The van der Waals surface area contributed by atoms with Gasteiger partial charge in [0, 0.05) is 24.1 Å². The van der Waals surface area contributed by atoms with Crippen molar-refractivity contribution in [1.29, 1.82) is 0 Å². The summed E-state index contributed by atoms with van der Waals surface area (Å²) in [4.78, 5) is 4.13. The Hall–Kier alpha value is -1.05. The standard InChI is InChI=1S/C14H22N2/c1-3-12-5-4-6-13(9-12)16-14-7-8-15-10-11(14)2/h7-8,10,12-13H,3-6,9H2,1-2H3,(H,15,16). The Kier molecular flexibility index (Phi) is 3.81. The molecule has 2 unspecified atom stereocenters. The Balaban J connectivity index is 1.97. The molecule has 2 nitrogen and oxygen atoms in total. The van der Waals surface area contributed by atoms with Crippen LogP contribution in [0.3, 0.4) is 0 Å². The molecule has 1 fully saturated rings. The number of rotatable bonds is 3. The van der Waals surface area contributed by atoms with Crippen molar-refractivity contribution in [2.24, 2.45) is 5.92 Å². The van der Waals surface area contributed by atoms with Crippen molar-refractivity contribution in [3.8, 4) is 0 Å². The van der Waals surface area contributed by atoms with Gasteiger partial charge < -0.3 is 5.32 Å². The Labute approximate surface area is 98.5 Å². The van der Waals surface area contributed by atoms with Gasteiger partial charge in [-0.1, -0.05) is 26.2 Å². The third-order valence-corrected chi connectivity index (χ3v) is 3.74. The van der Waals surface area contributed by atoms with Gasteiger partial charge in [0.25, 0.3) is 0 Å². The molecule has 2 rings (SSSR count). The number of hydrogen-bond donors (Lipinski definition) is 1. The van der Waals surface area contributed by atoms with E-state index in [1.54, 1.807) is 0 Å². The minimum Gasteiger partial charge on any atom is -0.382 e. The highest BCUT2D eigenvalue weighted by molar-refractivity contribution is 5.49. The number of nitrogens with zero attached hydrogens (tertiary/aromatic N) is 1. The van der Waals surface area contributed by atoms with Crippen LogP contribution >= 0.6 is 0 Å². The lowest BCUT2D eigenvalue weighted by Gasteiger charge is -2.30. The van der Waals surface area contributed by atoms with Crippen molar-refractivity contribution in [3.63, 3.8) is 0 Å². The minimum atomic E-state index is 0.666. The molecule has 0 bridgehead atoms. The normalized spacial score (nSPS) is 25.4. The van der Waals surface area contributed by atoms with Crippen LogP contribution in [0.4, 0.5) is 5.69 Å². The van der Waals surface area contributed by atoms with Gasteiger partial charge in [-0.15, -0.1) is 0 Å². The van der Waals surface area contributed by atoms with Crippen LogP contribution in [-0.4, -0.2) is 11.0 Å². The average Bonchev–Trinajstić information content (AvgIpc) is 2.32. The number of pyridine rings is 1. The first kappa shape index (κ1) is 11.4. The van der Waals surface area contributed by atoms with Gasteiger partial charge in [0.2, 0.25) is 0 Å². The summed E-state index contributed by atoms with van der Waals surface area (Å²) in [5.41, 5.74) is 2.51. The van der Waals surface area contributed by atoms with E-state index in [4.69, 9.17) is 0 Å². The molecule has 1 heterocycles. The Bertz CT molecular complexity index is 335. The lowest BCUT2D eigenvalue weighted by Crippen LogP contribution is -2.27. The lowest BCUT2D eigenvalue weighted by molar-refractivity contribution is 0.327. The van der Waals surface area contributed by atoms with E-state index < -0.39 is 0 Å². The first-order chi connectivity index (χ1) is 7.79. The third-order valence-electron chi connectivity index (χ3n) is 3.74. The highest BCUT2D eigenvalue weighted by Crippen LogP contribution is 2.29. The molecule has 1 aliphatic carbocycles. The molecule has 1 aliphatic rings. The monoisotopic (exact) mass is 218 g/mol. The molecule has 1 N–H and O–H groups in total. The molecule has 1 saturated carbocycles. The number of aromatic nitrogens is 1. The van der Waals surface area contributed by atoms with Gasteiger partial charge in [-0.3, -0.25) is 4.98 Å². The van der Waals surface area contributed by atoms with Gasteiger partial charge in [0.15, 0.2) is 0 Å². The summed E-state index contributed by atoms with van der Waals surface area (Å²) in [6, 6.07) is 2.75. The highest BCUT2D eigenvalue weighted by Gasteiger charge is 2.20. The van der Waals surface area contributed by atoms with Crippen molar-refractivity contribution >= 4 is 5.69 Å². The van der Waals surface area contributed by atoms with Crippen molar-refractivity contribution in [1.82, 2.24) is 4.98 Å². The predicted molar refractivity (Wildman–Crippen MR) is 68.6 cm³/mol. The molecule has 0 aliphatic heterocycles. The van der Waals surface area contributed by atoms with Crippen LogP contribution in [0.1, 0.15) is 44.6 Å². The predicted octanol–water partition coefficient (Wildman–Crippen LogP) is 3.77. The van der Waals surface area contributed by atoms with Gasteiger partial charge in [-0.25, -0.2) is 0 Å². The van der Waals surface area contributed by atoms with E-state index in [9.17, 15) is 0 Å². The quantitative estimate of drug-likeness (QED) is 0.835. The first-order valence-electron chi connectivity index (χ1n) is 6.46. The maximum atomic E-state index is 4.13. The maximum Gasteiger partial charge on any atom is 0.0402 e. The van der Waals surface area contributed by atoms with Crippen LogP contribution in [0.25, 0.3) is 0 Å². The number of aryl methyl sites for hydroxylation is 1. The number of anilines is 1. The Morgan fingerprint density at radius 1 is 1.44 bits per heavy atom. The van der Waals surface area contributed by atoms with E-state index in [2.05, 4.69) is 30.2 Å². The van der Waals surface area contributed by atoms with Crippen LogP contribution in [0.15, 0.2) is 18.5 Å². The van der Waals surface area contributed by atoms with Gasteiger partial charge in [0.1, 0.15) is 0 Å². The van der Waals surface area contributed by atoms with Gasteiger partial charge in [-0.05, 0) is 37.3 Å². The fraction of sp³-hybridized carbons (Fsp3) is 0.643. The molecule has 0 aromatic carbocycles. The largest absolute Gasteiger partial charge is 0.382 e. The Morgan fingerprint density at radius 2 is 2.31 bits per heavy atom. The molecule has 0 amide bonds. The topological polar surface area (TPSA) is 24.9 Å². The van der Waals surface area contributed by atoms with Crippen molar-refractivity contribution in [3.05, 3.63) is 24.0 Å². The fourth-order valence-electron chi connectivity index (χ4n) is 2.65. The van der Waals surface area contributed by atoms with Crippen molar-refractivity contribution in [2.45, 2.75) is 52.0 Å². The third kappa shape index (κ3) is 2.75. The van der Waals surface area contributed by atoms with Crippen molar-refractivity contribution < 1.29 is 0 Å². The summed E-state index contributed by atoms with van der Waals surface area (Å²) in [6.45, 7) is 4.43. The molecule has 16 heavy (non-hydrogen) atoms. The molecule has 0 spiro atoms. The lowest BCUT2D eigenvalue weighted by atomic mass is 9.84. The van der Waals surface area contributed by atoms with Crippen molar-refractivity contribution in [2.75, 3.05) is 5.32 Å². The molecular weight excluding hydrogens is 196 g/mol. The van der Waals surface area contributed by atoms with Crippen LogP contribution in [0.2, 0.25) is 0 Å². The summed E-state index contributed by atoms with van der Waals surface area (Å²) in [5.74, 6) is 0.924. The molecule has 2 heteroatoms. The second-order valence-electron chi connectivity index (χ2n) is 4.97. The summed E-state index contributed by atoms with van der Waals surface area (Å²) in [5, 5.41) is 3.67.